The summed E-state index contributed by atoms with van der Waals surface area (Å²) in [6.07, 6.45) is 0. The third kappa shape index (κ3) is 3.52. The molecule has 0 atom stereocenters. The molecule has 2 aromatic carbocycles. The first kappa shape index (κ1) is 14.4. The van der Waals surface area contributed by atoms with Crippen molar-refractivity contribution < 1.29 is 4.74 Å². The number of ether oxygens (including phenoxy) is 1. The van der Waals surface area contributed by atoms with Crippen molar-refractivity contribution in [3.8, 4) is 5.75 Å². The highest BCUT2D eigenvalue weighted by Crippen LogP contribution is 2.21. The molecule has 104 valence electrons. The number of hydrogen-bond donors (Lipinski definition) is 0. The van der Waals surface area contributed by atoms with Gasteiger partial charge in [-0.2, -0.15) is 0 Å². The molecule has 0 N–H and O–H groups in total. The predicted molar refractivity (Wildman–Crippen MR) is 84.3 cm³/mol. The van der Waals surface area contributed by atoms with E-state index < -0.39 is 0 Å². The van der Waals surface area contributed by atoms with E-state index >= 15 is 0 Å². The van der Waals surface area contributed by atoms with Crippen LogP contribution in [0.15, 0.2) is 53.5 Å². The summed E-state index contributed by atoms with van der Waals surface area (Å²) in [4.78, 5) is 6.66. The Morgan fingerprint density at radius 2 is 1.80 bits per heavy atom. The van der Waals surface area contributed by atoms with Crippen LogP contribution in [0, 0.1) is 0 Å². The van der Waals surface area contributed by atoms with Crippen molar-refractivity contribution in [2.75, 3.05) is 21.2 Å². The Balaban J connectivity index is 2.41. The van der Waals surface area contributed by atoms with Crippen LogP contribution < -0.4 is 4.74 Å². The molecule has 20 heavy (non-hydrogen) atoms. The molecule has 0 aliphatic heterocycles. The van der Waals surface area contributed by atoms with E-state index in [-0.39, 0.29) is 0 Å². The van der Waals surface area contributed by atoms with Crippen LogP contribution in [0.1, 0.15) is 5.56 Å². The zero-order valence-electron chi connectivity index (χ0n) is 11.8. The van der Waals surface area contributed by atoms with Crippen LogP contribution >= 0.6 is 11.6 Å². The Morgan fingerprint density at radius 1 is 1.10 bits per heavy atom. The van der Waals surface area contributed by atoms with E-state index in [9.17, 15) is 0 Å². The van der Waals surface area contributed by atoms with Crippen LogP contribution in [-0.4, -0.2) is 31.9 Å². The van der Waals surface area contributed by atoms with Gasteiger partial charge >= 0.3 is 0 Å². The molecule has 0 saturated heterocycles. The van der Waals surface area contributed by atoms with Gasteiger partial charge in [0.2, 0.25) is 0 Å². The minimum Gasteiger partial charge on any atom is -0.497 e. The number of hydrogen-bond acceptors (Lipinski definition) is 2. The Labute approximate surface area is 124 Å². The smallest absolute Gasteiger partial charge is 0.136 e. The summed E-state index contributed by atoms with van der Waals surface area (Å²) < 4.78 is 5.22. The van der Waals surface area contributed by atoms with Gasteiger partial charge in [0, 0.05) is 30.7 Å². The molecule has 0 fully saturated rings. The molecule has 0 heterocycles. The predicted octanol–water partition coefficient (Wildman–Crippen LogP) is 3.99. The van der Waals surface area contributed by atoms with Gasteiger partial charge in [-0.15, -0.1) is 0 Å². The van der Waals surface area contributed by atoms with E-state index in [2.05, 4.69) is 4.99 Å². The molecular formula is C16H17ClN2O. The summed E-state index contributed by atoms with van der Waals surface area (Å²) >= 11 is 5.93. The first-order chi connectivity index (χ1) is 9.60. The summed E-state index contributed by atoms with van der Waals surface area (Å²) in [6, 6.07) is 15.3. The number of benzene rings is 2. The van der Waals surface area contributed by atoms with Crippen LogP contribution in [0.3, 0.4) is 0 Å². The quantitative estimate of drug-likeness (QED) is 0.630. The highest BCUT2D eigenvalue weighted by atomic mass is 35.5. The highest BCUT2D eigenvalue weighted by Gasteiger charge is 2.06. The number of aliphatic imine (C=N–C) groups is 1. The molecule has 0 aromatic heterocycles. The Hall–Kier alpha value is -2.00. The second-order valence-electron chi connectivity index (χ2n) is 4.54. The maximum Gasteiger partial charge on any atom is 0.136 e. The van der Waals surface area contributed by atoms with Gasteiger partial charge in [-0.1, -0.05) is 17.7 Å². The maximum atomic E-state index is 5.93. The number of nitrogens with zero attached hydrogens (tertiary/aromatic N) is 2. The van der Waals surface area contributed by atoms with Crippen molar-refractivity contribution in [3.63, 3.8) is 0 Å². The van der Waals surface area contributed by atoms with E-state index in [1.54, 1.807) is 7.11 Å². The summed E-state index contributed by atoms with van der Waals surface area (Å²) in [5.41, 5.74) is 1.87. The molecule has 0 unspecified atom stereocenters. The zero-order valence-corrected chi connectivity index (χ0v) is 12.6. The normalized spacial score (nSPS) is 11.3. The fourth-order valence-electron chi connectivity index (χ4n) is 1.82. The largest absolute Gasteiger partial charge is 0.497 e. The fourth-order valence-corrected chi connectivity index (χ4v) is 1.95. The molecule has 0 aliphatic rings. The molecule has 0 aliphatic carbocycles. The molecule has 0 spiro atoms. The van der Waals surface area contributed by atoms with Crippen LogP contribution in [-0.2, 0) is 0 Å². The van der Waals surface area contributed by atoms with Crippen LogP contribution in [0.2, 0.25) is 5.02 Å². The SMILES string of the molecule is COc1cccc(N=C(c2ccc(Cl)cc2)N(C)C)c1. The minimum atomic E-state index is 0.716. The van der Waals surface area contributed by atoms with Gasteiger partial charge in [-0.25, -0.2) is 4.99 Å². The number of methoxy groups -OCH3 is 1. The Bertz CT molecular complexity index is 606. The first-order valence-corrected chi connectivity index (χ1v) is 6.64. The Kier molecular flexibility index (Phi) is 4.64. The van der Waals surface area contributed by atoms with Gasteiger partial charge in [0.15, 0.2) is 0 Å². The minimum absolute atomic E-state index is 0.716. The van der Waals surface area contributed by atoms with Gasteiger partial charge < -0.3 is 9.64 Å². The van der Waals surface area contributed by atoms with E-state index in [1.807, 2.05) is 67.5 Å². The highest BCUT2D eigenvalue weighted by molar-refractivity contribution is 6.30. The van der Waals surface area contributed by atoms with Crippen molar-refractivity contribution in [3.05, 3.63) is 59.1 Å². The van der Waals surface area contributed by atoms with Gasteiger partial charge in [0.1, 0.15) is 11.6 Å². The lowest BCUT2D eigenvalue weighted by Gasteiger charge is -2.16. The Morgan fingerprint density at radius 3 is 2.40 bits per heavy atom. The van der Waals surface area contributed by atoms with E-state index in [1.165, 1.54) is 0 Å². The number of rotatable bonds is 3. The van der Waals surface area contributed by atoms with E-state index in [0.717, 1.165) is 22.8 Å². The summed E-state index contributed by atoms with van der Waals surface area (Å²) in [7, 11) is 5.58. The lowest BCUT2D eigenvalue weighted by molar-refractivity contribution is 0.415. The van der Waals surface area contributed by atoms with Crippen molar-refractivity contribution >= 4 is 23.1 Å². The third-order valence-corrected chi connectivity index (χ3v) is 3.07. The van der Waals surface area contributed by atoms with E-state index in [0.29, 0.717) is 5.02 Å². The molecule has 0 radical (unpaired) electrons. The third-order valence-electron chi connectivity index (χ3n) is 2.81. The maximum absolute atomic E-state index is 5.93. The fraction of sp³-hybridized carbons (Fsp3) is 0.188. The number of halogens is 1. The summed E-state index contributed by atoms with van der Waals surface area (Å²) in [5.74, 6) is 1.66. The second-order valence-corrected chi connectivity index (χ2v) is 4.97. The molecule has 0 amide bonds. The van der Waals surface area contributed by atoms with Crippen molar-refractivity contribution in [2.24, 2.45) is 4.99 Å². The van der Waals surface area contributed by atoms with Gasteiger partial charge in [-0.3, -0.25) is 0 Å². The summed E-state index contributed by atoms with van der Waals surface area (Å²) in [6.45, 7) is 0. The molecule has 3 nitrogen and oxygen atoms in total. The standard InChI is InChI=1S/C16H17ClN2O/c1-19(2)16(12-7-9-13(17)10-8-12)18-14-5-4-6-15(11-14)20-3/h4-11H,1-3H3. The second kappa shape index (κ2) is 6.44. The molecule has 4 heteroatoms. The monoisotopic (exact) mass is 288 g/mol. The van der Waals surface area contributed by atoms with Crippen LogP contribution in [0.25, 0.3) is 0 Å². The molecule has 2 aromatic rings. The first-order valence-electron chi connectivity index (χ1n) is 6.26. The van der Waals surface area contributed by atoms with Gasteiger partial charge in [0.05, 0.1) is 12.8 Å². The van der Waals surface area contributed by atoms with Crippen molar-refractivity contribution in [1.82, 2.24) is 4.90 Å². The summed E-state index contributed by atoms with van der Waals surface area (Å²) in [5, 5.41) is 0.716. The lowest BCUT2D eigenvalue weighted by Crippen LogP contribution is -2.22. The van der Waals surface area contributed by atoms with Gasteiger partial charge in [0.25, 0.3) is 0 Å². The average molecular weight is 289 g/mol. The molecular weight excluding hydrogens is 272 g/mol. The van der Waals surface area contributed by atoms with E-state index in [4.69, 9.17) is 16.3 Å². The topological polar surface area (TPSA) is 24.8 Å². The van der Waals surface area contributed by atoms with Gasteiger partial charge in [-0.05, 0) is 36.4 Å². The molecule has 0 bridgehead atoms. The number of amidine groups is 1. The van der Waals surface area contributed by atoms with Crippen LogP contribution in [0.5, 0.6) is 5.75 Å². The molecule has 2 rings (SSSR count). The zero-order chi connectivity index (χ0) is 14.5. The van der Waals surface area contributed by atoms with Crippen molar-refractivity contribution in [1.29, 1.82) is 0 Å². The van der Waals surface area contributed by atoms with Crippen molar-refractivity contribution in [2.45, 2.75) is 0 Å². The molecule has 0 saturated carbocycles. The average Bonchev–Trinajstić information content (AvgIpc) is 2.46. The van der Waals surface area contributed by atoms with Crippen LogP contribution in [0.4, 0.5) is 5.69 Å². The lowest BCUT2D eigenvalue weighted by atomic mass is 10.2.